The van der Waals surface area contributed by atoms with Gasteiger partial charge < -0.3 is 10.2 Å². The minimum absolute atomic E-state index is 0.00815. The molecule has 3 unspecified atom stereocenters. The van der Waals surface area contributed by atoms with Gasteiger partial charge >= 0.3 is 0 Å². The van der Waals surface area contributed by atoms with Gasteiger partial charge in [-0.15, -0.1) is 0 Å². The highest BCUT2D eigenvalue weighted by Crippen LogP contribution is 2.22. The third-order valence-corrected chi connectivity index (χ3v) is 2.59. The molecule has 15 heavy (non-hydrogen) atoms. The van der Waals surface area contributed by atoms with E-state index in [9.17, 15) is 10.2 Å². The lowest BCUT2D eigenvalue weighted by atomic mass is 10.1. The summed E-state index contributed by atoms with van der Waals surface area (Å²) in [5.41, 5.74) is 1.08. The van der Waals surface area contributed by atoms with Gasteiger partial charge in [-0.2, -0.15) is 0 Å². The first-order chi connectivity index (χ1) is 7.04. The zero-order valence-electron chi connectivity index (χ0n) is 9.46. The Morgan fingerprint density at radius 2 is 1.40 bits per heavy atom. The summed E-state index contributed by atoms with van der Waals surface area (Å²) in [4.78, 5) is 1.65. The van der Waals surface area contributed by atoms with Crippen molar-refractivity contribution >= 4 is 0 Å². The van der Waals surface area contributed by atoms with Crippen molar-refractivity contribution in [2.24, 2.45) is 0 Å². The van der Waals surface area contributed by atoms with Crippen LogP contribution in [0.1, 0.15) is 32.4 Å². The lowest BCUT2D eigenvalue weighted by Gasteiger charge is -2.34. The summed E-state index contributed by atoms with van der Waals surface area (Å²) in [7, 11) is 0. The van der Waals surface area contributed by atoms with E-state index in [0.29, 0.717) is 0 Å². The minimum atomic E-state index is -0.666. The molecular formula is C12H19NO2. The Balaban J connectivity index is 2.86. The third kappa shape index (κ3) is 3.02. The van der Waals surface area contributed by atoms with Crippen LogP contribution in [0.3, 0.4) is 0 Å². The van der Waals surface area contributed by atoms with E-state index >= 15 is 0 Å². The second kappa shape index (κ2) is 5.26. The molecule has 0 radical (unpaired) electrons. The van der Waals surface area contributed by atoms with E-state index in [4.69, 9.17) is 0 Å². The first-order valence-corrected chi connectivity index (χ1v) is 5.22. The Morgan fingerprint density at radius 1 is 0.933 bits per heavy atom. The third-order valence-electron chi connectivity index (χ3n) is 2.59. The lowest BCUT2D eigenvalue weighted by Crippen LogP contribution is -2.41. The molecule has 0 amide bonds. The van der Waals surface area contributed by atoms with E-state index in [2.05, 4.69) is 0 Å². The molecule has 1 aromatic rings. The fourth-order valence-corrected chi connectivity index (χ4v) is 1.86. The van der Waals surface area contributed by atoms with Gasteiger partial charge in [0, 0.05) is 6.04 Å². The van der Waals surface area contributed by atoms with Crippen molar-refractivity contribution in [1.82, 2.24) is 4.90 Å². The molecule has 3 atom stereocenters. The highest BCUT2D eigenvalue weighted by atomic mass is 16.3. The number of hydrogen-bond acceptors (Lipinski definition) is 3. The molecule has 0 aliphatic rings. The van der Waals surface area contributed by atoms with Crippen LogP contribution < -0.4 is 0 Å². The topological polar surface area (TPSA) is 43.7 Å². The summed E-state index contributed by atoms with van der Waals surface area (Å²) in [5.74, 6) is 0. The second-order valence-corrected chi connectivity index (χ2v) is 3.80. The van der Waals surface area contributed by atoms with Gasteiger partial charge in [-0.3, -0.25) is 0 Å². The smallest absolute Gasteiger partial charge is 0.107 e. The molecule has 0 bridgehead atoms. The summed E-state index contributed by atoms with van der Waals surface area (Å²) < 4.78 is 0. The summed E-state index contributed by atoms with van der Waals surface area (Å²) in [5, 5.41) is 19.2. The molecule has 1 aromatic carbocycles. The van der Waals surface area contributed by atoms with Crippen LogP contribution in [-0.4, -0.2) is 27.6 Å². The van der Waals surface area contributed by atoms with Crippen LogP contribution in [0.25, 0.3) is 0 Å². The molecule has 0 saturated carbocycles. The first-order valence-electron chi connectivity index (χ1n) is 5.22. The van der Waals surface area contributed by atoms with Crippen molar-refractivity contribution in [1.29, 1.82) is 0 Å². The Morgan fingerprint density at radius 3 is 1.80 bits per heavy atom. The Hall–Kier alpha value is -0.900. The maximum Gasteiger partial charge on any atom is 0.107 e. The van der Waals surface area contributed by atoms with E-state index < -0.39 is 12.5 Å². The molecule has 0 fully saturated rings. The van der Waals surface area contributed by atoms with Gasteiger partial charge in [0.05, 0.1) is 0 Å². The fourth-order valence-electron chi connectivity index (χ4n) is 1.86. The van der Waals surface area contributed by atoms with E-state index in [1.165, 1.54) is 0 Å². The van der Waals surface area contributed by atoms with Gasteiger partial charge in [0.1, 0.15) is 12.5 Å². The van der Waals surface area contributed by atoms with Crippen molar-refractivity contribution in [2.75, 3.05) is 0 Å². The van der Waals surface area contributed by atoms with Crippen LogP contribution in [0.2, 0.25) is 0 Å². The van der Waals surface area contributed by atoms with Gasteiger partial charge in [0.2, 0.25) is 0 Å². The molecule has 0 saturated heterocycles. The molecule has 84 valence electrons. The standard InChI is InChI=1S/C12H19NO2/c1-9(12-7-5-4-6-8-12)13(10(2)14)11(3)15/h4-11,14-15H,1-3H3. The van der Waals surface area contributed by atoms with Gasteiger partial charge in [-0.05, 0) is 26.3 Å². The SMILES string of the molecule is CC(O)N(C(C)O)C(C)c1ccccc1. The predicted molar refractivity (Wildman–Crippen MR) is 60.1 cm³/mol. The normalized spacial score (nSPS) is 17.5. The summed E-state index contributed by atoms with van der Waals surface area (Å²) >= 11 is 0. The van der Waals surface area contributed by atoms with E-state index in [0.717, 1.165) is 5.56 Å². The summed E-state index contributed by atoms with van der Waals surface area (Å²) in [6, 6.07) is 9.82. The number of benzene rings is 1. The zero-order valence-corrected chi connectivity index (χ0v) is 9.46. The van der Waals surface area contributed by atoms with Gasteiger partial charge in [-0.25, -0.2) is 4.90 Å². The van der Waals surface area contributed by atoms with Crippen molar-refractivity contribution in [3.8, 4) is 0 Å². The average Bonchev–Trinajstić information content (AvgIpc) is 2.18. The second-order valence-electron chi connectivity index (χ2n) is 3.80. The Kier molecular flexibility index (Phi) is 4.27. The molecule has 0 spiro atoms. The predicted octanol–water partition coefficient (Wildman–Crippen LogP) is 1.73. The fraction of sp³-hybridized carbons (Fsp3) is 0.500. The number of hydrogen-bond donors (Lipinski definition) is 2. The molecule has 1 rings (SSSR count). The molecule has 3 heteroatoms. The lowest BCUT2D eigenvalue weighted by molar-refractivity contribution is -0.107. The number of rotatable bonds is 4. The Bertz CT molecular complexity index is 277. The maximum atomic E-state index is 9.58. The summed E-state index contributed by atoms with van der Waals surface area (Å²) in [6.07, 6.45) is -1.33. The van der Waals surface area contributed by atoms with Crippen LogP contribution in [0.5, 0.6) is 0 Å². The van der Waals surface area contributed by atoms with E-state index in [1.807, 2.05) is 37.3 Å². The molecule has 0 heterocycles. The zero-order chi connectivity index (χ0) is 11.4. The molecule has 3 nitrogen and oxygen atoms in total. The molecule has 0 aliphatic carbocycles. The average molecular weight is 209 g/mol. The highest BCUT2D eigenvalue weighted by molar-refractivity contribution is 5.18. The molecule has 0 aromatic heterocycles. The quantitative estimate of drug-likeness (QED) is 0.742. The van der Waals surface area contributed by atoms with E-state index in [-0.39, 0.29) is 6.04 Å². The van der Waals surface area contributed by atoms with Gasteiger partial charge in [0.15, 0.2) is 0 Å². The van der Waals surface area contributed by atoms with Crippen LogP contribution in [0, 0.1) is 0 Å². The number of nitrogens with zero attached hydrogens (tertiary/aromatic N) is 1. The van der Waals surface area contributed by atoms with Gasteiger partial charge in [0.25, 0.3) is 0 Å². The summed E-state index contributed by atoms with van der Waals surface area (Å²) in [6.45, 7) is 5.28. The number of aliphatic hydroxyl groups is 2. The van der Waals surface area contributed by atoms with E-state index in [1.54, 1.807) is 18.7 Å². The van der Waals surface area contributed by atoms with Crippen molar-refractivity contribution in [2.45, 2.75) is 39.3 Å². The van der Waals surface area contributed by atoms with Crippen LogP contribution >= 0.6 is 0 Å². The van der Waals surface area contributed by atoms with Crippen molar-refractivity contribution < 1.29 is 10.2 Å². The molecule has 0 aliphatic heterocycles. The highest BCUT2D eigenvalue weighted by Gasteiger charge is 2.23. The molecular weight excluding hydrogens is 190 g/mol. The van der Waals surface area contributed by atoms with Crippen molar-refractivity contribution in [3.63, 3.8) is 0 Å². The van der Waals surface area contributed by atoms with Crippen LogP contribution in [0.15, 0.2) is 30.3 Å². The monoisotopic (exact) mass is 209 g/mol. The molecule has 2 N–H and O–H groups in total. The first kappa shape index (κ1) is 12.2. The van der Waals surface area contributed by atoms with Crippen LogP contribution in [0.4, 0.5) is 0 Å². The minimum Gasteiger partial charge on any atom is -0.379 e. The van der Waals surface area contributed by atoms with Gasteiger partial charge in [-0.1, -0.05) is 30.3 Å². The van der Waals surface area contributed by atoms with Crippen LogP contribution in [-0.2, 0) is 0 Å². The Labute approximate surface area is 91.0 Å². The van der Waals surface area contributed by atoms with Crippen molar-refractivity contribution in [3.05, 3.63) is 35.9 Å². The number of aliphatic hydroxyl groups excluding tert-OH is 2. The maximum absolute atomic E-state index is 9.58. The largest absolute Gasteiger partial charge is 0.379 e.